The largest absolute Gasteiger partial charge is 0.369 e. The zero-order valence-electron chi connectivity index (χ0n) is 11.1. The number of halogens is 2. The van der Waals surface area contributed by atoms with Gasteiger partial charge in [-0.05, 0) is 37.3 Å². The number of nitrogens with one attached hydrogen (secondary N) is 2. The monoisotopic (exact) mass is 373 g/mol. The van der Waals surface area contributed by atoms with Crippen molar-refractivity contribution in [3.8, 4) is 0 Å². The van der Waals surface area contributed by atoms with Crippen molar-refractivity contribution in [1.82, 2.24) is 4.98 Å². The Kier molecular flexibility index (Phi) is 4.79. The maximum atomic E-state index is 13.7. The Morgan fingerprint density at radius 1 is 1.33 bits per heavy atom. The van der Waals surface area contributed by atoms with Crippen molar-refractivity contribution in [2.45, 2.75) is 11.8 Å². The molecule has 112 valence electrons. The molecule has 1 aromatic carbocycles. The molecule has 0 spiro atoms. The highest BCUT2D eigenvalue weighted by atomic mass is 79.9. The van der Waals surface area contributed by atoms with Crippen LogP contribution in [0.1, 0.15) is 6.92 Å². The van der Waals surface area contributed by atoms with E-state index in [2.05, 4.69) is 31.0 Å². The van der Waals surface area contributed by atoms with Crippen molar-refractivity contribution in [2.24, 2.45) is 0 Å². The van der Waals surface area contributed by atoms with Gasteiger partial charge in [-0.15, -0.1) is 0 Å². The number of hydrogen-bond acceptors (Lipinski definition) is 4. The van der Waals surface area contributed by atoms with Crippen molar-refractivity contribution in [3.63, 3.8) is 0 Å². The van der Waals surface area contributed by atoms with Crippen LogP contribution in [0.15, 0.2) is 45.9 Å². The highest BCUT2D eigenvalue weighted by Gasteiger charge is 2.20. The second-order valence-corrected chi connectivity index (χ2v) is 6.68. The molecule has 1 heterocycles. The Morgan fingerprint density at radius 2 is 2.10 bits per heavy atom. The fourth-order valence-electron chi connectivity index (χ4n) is 1.68. The van der Waals surface area contributed by atoms with Gasteiger partial charge in [0.05, 0.1) is 5.69 Å². The molecule has 0 saturated carbocycles. The standard InChI is InChI=1S/C13H13BrFN3O2S/c1-2-16-13-12(4-3-7-17-13)21(19,20)18-11-8-9(14)5-6-10(11)15/h3-8,18H,2H2,1H3,(H,16,17). The first-order chi connectivity index (χ1) is 9.94. The van der Waals surface area contributed by atoms with E-state index >= 15 is 0 Å². The molecule has 5 nitrogen and oxygen atoms in total. The van der Waals surface area contributed by atoms with Gasteiger partial charge in [-0.2, -0.15) is 0 Å². The fourth-order valence-corrected chi connectivity index (χ4v) is 3.24. The summed E-state index contributed by atoms with van der Waals surface area (Å²) in [5.41, 5.74) is -0.129. The van der Waals surface area contributed by atoms with Crippen molar-refractivity contribution in [2.75, 3.05) is 16.6 Å². The number of sulfonamides is 1. The quantitative estimate of drug-likeness (QED) is 0.843. The number of pyridine rings is 1. The first kappa shape index (κ1) is 15.7. The molecule has 1 aromatic heterocycles. The molecule has 0 atom stereocenters. The summed E-state index contributed by atoms with van der Waals surface area (Å²) in [4.78, 5) is 3.95. The molecule has 8 heteroatoms. The molecule has 0 saturated heterocycles. The zero-order chi connectivity index (χ0) is 15.5. The topological polar surface area (TPSA) is 71.1 Å². The second-order valence-electron chi connectivity index (χ2n) is 4.11. The Labute approximate surface area is 130 Å². The van der Waals surface area contributed by atoms with Crippen molar-refractivity contribution in [3.05, 3.63) is 46.8 Å². The molecule has 2 N–H and O–H groups in total. The average Bonchev–Trinajstić information content (AvgIpc) is 2.43. The van der Waals surface area contributed by atoms with Crippen LogP contribution in [-0.2, 0) is 10.0 Å². The lowest BCUT2D eigenvalue weighted by Crippen LogP contribution is -2.17. The van der Waals surface area contributed by atoms with Crippen LogP contribution in [0, 0.1) is 5.82 Å². The van der Waals surface area contributed by atoms with Crippen LogP contribution in [0.5, 0.6) is 0 Å². The Bertz CT molecular complexity index is 753. The minimum absolute atomic E-state index is 0.0359. The fraction of sp³-hybridized carbons (Fsp3) is 0.154. The normalized spacial score (nSPS) is 11.2. The molecule has 21 heavy (non-hydrogen) atoms. The van der Waals surface area contributed by atoms with Crippen LogP contribution in [-0.4, -0.2) is 19.9 Å². The van der Waals surface area contributed by atoms with Gasteiger partial charge in [0.2, 0.25) is 0 Å². The third-order valence-corrected chi connectivity index (χ3v) is 4.47. The Balaban J connectivity index is 2.41. The lowest BCUT2D eigenvalue weighted by atomic mass is 10.3. The first-order valence-corrected chi connectivity index (χ1v) is 8.38. The van der Waals surface area contributed by atoms with Gasteiger partial charge < -0.3 is 5.32 Å². The molecule has 0 aliphatic carbocycles. The smallest absolute Gasteiger partial charge is 0.265 e. The van der Waals surface area contributed by atoms with E-state index in [-0.39, 0.29) is 16.4 Å². The van der Waals surface area contributed by atoms with Crippen molar-refractivity contribution < 1.29 is 12.8 Å². The summed E-state index contributed by atoms with van der Waals surface area (Å²) in [5, 5.41) is 2.86. The second kappa shape index (κ2) is 6.40. The SMILES string of the molecule is CCNc1ncccc1S(=O)(=O)Nc1cc(Br)ccc1F. The maximum Gasteiger partial charge on any atom is 0.265 e. The summed E-state index contributed by atoms with van der Waals surface area (Å²) in [7, 11) is -3.94. The minimum atomic E-state index is -3.94. The maximum absolute atomic E-state index is 13.7. The van der Waals surface area contributed by atoms with Gasteiger partial charge in [-0.25, -0.2) is 17.8 Å². The molecule has 0 aliphatic rings. The van der Waals surface area contributed by atoms with E-state index in [1.807, 2.05) is 6.92 Å². The molecule has 0 bridgehead atoms. The lowest BCUT2D eigenvalue weighted by molar-refractivity contribution is 0.598. The summed E-state index contributed by atoms with van der Waals surface area (Å²) >= 11 is 3.17. The molecule has 2 rings (SSSR count). The number of benzene rings is 1. The van der Waals surface area contributed by atoms with Crippen molar-refractivity contribution in [1.29, 1.82) is 0 Å². The summed E-state index contributed by atoms with van der Waals surface area (Å²) < 4.78 is 41.3. The molecule has 0 fully saturated rings. The summed E-state index contributed by atoms with van der Waals surface area (Å²) in [6.07, 6.45) is 1.48. The molecule has 2 aromatic rings. The van der Waals surface area contributed by atoms with Gasteiger partial charge in [0.1, 0.15) is 16.5 Å². The van der Waals surface area contributed by atoms with Gasteiger partial charge >= 0.3 is 0 Å². The average molecular weight is 374 g/mol. The van der Waals surface area contributed by atoms with Gasteiger partial charge in [0.25, 0.3) is 10.0 Å². The van der Waals surface area contributed by atoms with Gasteiger partial charge in [-0.3, -0.25) is 4.72 Å². The van der Waals surface area contributed by atoms with Crippen LogP contribution < -0.4 is 10.0 Å². The molecule has 0 radical (unpaired) electrons. The Morgan fingerprint density at radius 3 is 2.81 bits per heavy atom. The van der Waals surface area contributed by atoms with Crippen LogP contribution in [0.25, 0.3) is 0 Å². The third kappa shape index (κ3) is 3.70. The third-order valence-electron chi connectivity index (χ3n) is 2.58. The van der Waals surface area contributed by atoms with E-state index in [4.69, 9.17) is 0 Å². The van der Waals surface area contributed by atoms with E-state index in [1.165, 1.54) is 36.5 Å². The van der Waals surface area contributed by atoms with Gasteiger partial charge in [-0.1, -0.05) is 15.9 Å². The van der Waals surface area contributed by atoms with Crippen LogP contribution >= 0.6 is 15.9 Å². The van der Waals surface area contributed by atoms with Crippen molar-refractivity contribution >= 4 is 37.5 Å². The highest BCUT2D eigenvalue weighted by molar-refractivity contribution is 9.10. The van der Waals surface area contributed by atoms with E-state index in [0.29, 0.717) is 11.0 Å². The van der Waals surface area contributed by atoms with E-state index in [0.717, 1.165) is 0 Å². The van der Waals surface area contributed by atoms with Crippen LogP contribution in [0.2, 0.25) is 0 Å². The predicted octanol–water partition coefficient (Wildman–Crippen LogP) is 3.22. The number of aromatic nitrogens is 1. The molecular weight excluding hydrogens is 361 g/mol. The van der Waals surface area contributed by atoms with E-state index in [1.54, 1.807) is 0 Å². The first-order valence-electron chi connectivity index (χ1n) is 6.11. The van der Waals surface area contributed by atoms with Crippen LogP contribution in [0.4, 0.5) is 15.9 Å². The molecule has 0 aliphatic heterocycles. The number of nitrogens with zero attached hydrogens (tertiary/aromatic N) is 1. The zero-order valence-corrected chi connectivity index (χ0v) is 13.5. The van der Waals surface area contributed by atoms with Crippen LogP contribution in [0.3, 0.4) is 0 Å². The number of anilines is 2. The van der Waals surface area contributed by atoms with E-state index < -0.39 is 15.8 Å². The van der Waals surface area contributed by atoms with Gasteiger partial charge in [0, 0.05) is 17.2 Å². The summed E-state index contributed by atoms with van der Waals surface area (Å²) in [5.74, 6) is -0.432. The molecular formula is C13H13BrFN3O2S. The minimum Gasteiger partial charge on any atom is -0.369 e. The van der Waals surface area contributed by atoms with Gasteiger partial charge in [0.15, 0.2) is 0 Å². The van der Waals surface area contributed by atoms with E-state index in [9.17, 15) is 12.8 Å². The predicted molar refractivity (Wildman–Crippen MR) is 83.3 cm³/mol. The summed E-state index contributed by atoms with van der Waals surface area (Å²) in [6.45, 7) is 2.34. The lowest BCUT2D eigenvalue weighted by Gasteiger charge is -2.12. The molecule has 0 unspecified atom stereocenters. The summed E-state index contributed by atoms with van der Waals surface area (Å²) in [6, 6.07) is 6.93. The number of rotatable bonds is 5. The highest BCUT2D eigenvalue weighted by Crippen LogP contribution is 2.25. The molecule has 0 amide bonds. The number of hydrogen-bond donors (Lipinski definition) is 2. The Hall–Kier alpha value is -1.67.